The van der Waals surface area contributed by atoms with Gasteiger partial charge in [0.1, 0.15) is 24.2 Å². The van der Waals surface area contributed by atoms with Gasteiger partial charge in [-0.1, -0.05) is 58.8 Å². The van der Waals surface area contributed by atoms with Crippen LogP contribution in [0.3, 0.4) is 0 Å². The molecule has 0 saturated carbocycles. The summed E-state index contributed by atoms with van der Waals surface area (Å²) in [6.07, 6.45) is 1.71. The Labute approximate surface area is 299 Å². The first kappa shape index (κ1) is 34.7. The second kappa shape index (κ2) is 14.8. The molecule has 3 aromatic carbocycles. The highest BCUT2D eigenvalue weighted by Gasteiger charge is 2.35. The lowest BCUT2D eigenvalue weighted by molar-refractivity contribution is -0.384. The quantitative estimate of drug-likeness (QED) is 0.0787. The number of carbonyl (C=O) groups excluding carboxylic acids is 1. The van der Waals surface area contributed by atoms with Gasteiger partial charge in [-0.2, -0.15) is 0 Å². The first-order valence-electron chi connectivity index (χ1n) is 15.5. The SMILES string of the molecule is CCOC(=O)C1=C(C)N=c2s/c(=C\c3ccc(OCc4ccc(Cl)cc4Cl)c(OCC)c3)c(=O)n2[C@H]1c1ccc(-c2cccc([N+](=O)[O-])c2)o1. The summed E-state index contributed by atoms with van der Waals surface area (Å²) < 4.78 is 25.2. The number of thiazole rings is 1. The zero-order valence-corrected chi connectivity index (χ0v) is 29.3. The number of nitro benzene ring substituents is 1. The van der Waals surface area contributed by atoms with Crippen molar-refractivity contribution in [3.63, 3.8) is 0 Å². The third-order valence-corrected chi connectivity index (χ3v) is 9.29. The molecule has 11 nitrogen and oxygen atoms in total. The van der Waals surface area contributed by atoms with Crippen LogP contribution in [0.4, 0.5) is 5.69 Å². The number of allylic oxidation sites excluding steroid dienone is 1. The molecule has 0 unspecified atom stereocenters. The van der Waals surface area contributed by atoms with Gasteiger partial charge in [0.25, 0.3) is 11.2 Å². The Morgan fingerprint density at radius 2 is 1.86 bits per heavy atom. The van der Waals surface area contributed by atoms with Crippen LogP contribution >= 0.6 is 34.5 Å². The summed E-state index contributed by atoms with van der Waals surface area (Å²) in [5.74, 6) is 0.911. The van der Waals surface area contributed by atoms with Crippen LogP contribution in [0, 0.1) is 10.1 Å². The van der Waals surface area contributed by atoms with Crippen LogP contribution in [0.5, 0.6) is 11.5 Å². The molecule has 14 heteroatoms. The maximum Gasteiger partial charge on any atom is 0.338 e. The second-order valence-electron chi connectivity index (χ2n) is 11.0. The highest BCUT2D eigenvalue weighted by Crippen LogP contribution is 2.35. The van der Waals surface area contributed by atoms with E-state index in [0.29, 0.717) is 60.1 Å². The van der Waals surface area contributed by atoms with E-state index in [4.69, 9.17) is 41.8 Å². The normalized spacial score (nSPS) is 14.3. The van der Waals surface area contributed by atoms with Crippen molar-refractivity contribution in [1.29, 1.82) is 0 Å². The third kappa shape index (κ3) is 7.09. The molecule has 1 aliphatic heterocycles. The number of rotatable bonds is 11. The van der Waals surface area contributed by atoms with E-state index < -0.39 is 22.5 Å². The average molecular weight is 735 g/mol. The summed E-state index contributed by atoms with van der Waals surface area (Å²) >= 11 is 13.5. The first-order valence-corrected chi connectivity index (χ1v) is 17.0. The molecular formula is C36H29Cl2N3O8S. The van der Waals surface area contributed by atoms with Crippen LogP contribution in [0.1, 0.15) is 43.7 Å². The number of halogens is 2. The minimum Gasteiger partial charge on any atom is -0.490 e. The molecule has 0 saturated heterocycles. The number of ether oxygens (including phenoxy) is 3. The predicted octanol–water partition coefficient (Wildman–Crippen LogP) is 7.25. The number of fused-ring (bicyclic) bond motifs is 1. The second-order valence-corrected chi connectivity index (χ2v) is 12.8. The molecule has 0 spiro atoms. The Kier molecular flexibility index (Phi) is 10.2. The molecule has 6 rings (SSSR count). The molecule has 1 atom stereocenters. The van der Waals surface area contributed by atoms with Crippen molar-refractivity contribution in [2.24, 2.45) is 4.99 Å². The molecule has 0 radical (unpaired) electrons. The zero-order valence-electron chi connectivity index (χ0n) is 27.0. The van der Waals surface area contributed by atoms with E-state index in [9.17, 15) is 19.7 Å². The summed E-state index contributed by atoms with van der Waals surface area (Å²) in [5, 5.41) is 12.4. The van der Waals surface area contributed by atoms with E-state index in [2.05, 4.69) is 4.99 Å². The van der Waals surface area contributed by atoms with Crippen molar-refractivity contribution in [2.75, 3.05) is 13.2 Å². The first-order chi connectivity index (χ1) is 24.1. The molecule has 0 bridgehead atoms. The fourth-order valence-corrected chi connectivity index (χ4v) is 6.95. The van der Waals surface area contributed by atoms with E-state index in [1.807, 2.05) is 6.92 Å². The molecule has 1 aliphatic rings. The van der Waals surface area contributed by atoms with Gasteiger partial charge in [0.15, 0.2) is 16.3 Å². The van der Waals surface area contributed by atoms with Crippen LogP contribution in [-0.2, 0) is 16.1 Å². The van der Waals surface area contributed by atoms with E-state index in [0.717, 1.165) is 16.9 Å². The number of benzene rings is 3. The van der Waals surface area contributed by atoms with Gasteiger partial charge in [0.05, 0.1) is 33.9 Å². The largest absolute Gasteiger partial charge is 0.490 e. The lowest BCUT2D eigenvalue weighted by Crippen LogP contribution is -2.39. The topological polar surface area (TPSA) is 135 Å². The third-order valence-electron chi connectivity index (χ3n) is 7.72. The van der Waals surface area contributed by atoms with Crippen molar-refractivity contribution < 1.29 is 28.3 Å². The van der Waals surface area contributed by atoms with Crippen molar-refractivity contribution in [3.05, 3.63) is 141 Å². The minimum absolute atomic E-state index is 0.102. The summed E-state index contributed by atoms with van der Waals surface area (Å²) in [7, 11) is 0. The summed E-state index contributed by atoms with van der Waals surface area (Å²) in [6, 6.07) is 18.8. The lowest BCUT2D eigenvalue weighted by Gasteiger charge is -2.22. The molecule has 0 amide bonds. The maximum atomic E-state index is 14.1. The smallest absolute Gasteiger partial charge is 0.338 e. The molecule has 3 heterocycles. The van der Waals surface area contributed by atoms with Crippen molar-refractivity contribution in [3.8, 4) is 22.8 Å². The number of nitrogens with zero attached hydrogens (tertiary/aromatic N) is 3. The molecule has 5 aromatic rings. The molecular weight excluding hydrogens is 705 g/mol. The fourth-order valence-electron chi connectivity index (χ4n) is 5.44. The van der Waals surface area contributed by atoms with Gasteiger partial charge >= 0.3 is 5.97 Å². The lowest BCUT2D eigenvalue weighted by atomic mass is 10.0. The Morgan fingerprint density at radius 1 is 1.04 bits per heavy atom. The summed E-state index contributed by atoms with van der Waals surface area (Å²) in [6.45, 7) is 5.88. The number of non-ortho nitro benzene ring substituents is 1. The van der Waals surface area contributed by atoms with E-state index in [1.165, 1.54) is 16.7 Å². The van der Waals surface area contributed by atoms with Crippen molar-refractivity contribution in [1.82, 2.24) is 4.57 Å². The molecule has 50 heavy (non-hydrogen) atoms. The van der Waals surface area contributed by atoms with Crippen molar-refractivity contribution in [2.45, 2.75) is 33.4 Å². The highest BCUT2D eigenvalue weighted by molar-refractivity contribution is 7.07. The minimum atomic E-state index is -1.01. The van der Waals surface area contributed by atoms with Gasteiger partial charge in [-0.3, -0.25) is 19.5 Å². The molecule has 2 aromatic heterocycles. The Hall–Kier alpha value is -5.17. The maximum absolute atomic E-state index is 14.1. The highest BCUT2D eigenvalue weighted by atomic mass is 35.5. The number of esters is 1. The number of hydrogen-bond acceptors (Lipinski definition) is 10. The van der Waals surface area contributed by atoms with Crippen LogP contribution in [0.15, 0.2) is 98.3 Å². The number of carbonyl (C=O) groups is 1. The van der Waals surface area contributed by atoms with Crippen LogP contribution in [0.2, 0.25) is 10.0 Å². The summed E-state index contributed by atoms with van der Waals surface area (Å²) in [4.78, 5) is 43.3. The van der Waals surface area contributed by atoms with Gasteiger partial charge < -0.3 is 18.6 Å². The Bertz CT molecular complexity index is 2340. The van der Waals surface area contributed by atoms with Gasteiger partial charge in [-0.15, -0.1) is 0 Å². The predicted molar refractivity (Wildman–Crippen MR) is 190 cm³/mol. The van der Waals surface area contributed by atoms with Crippen LogP contribution in [0.25, 0.3) is 17.4 Å². The van der Waals surface area contributed by atoms with E-state index >= 15 is 0 Å². The van der Waals surface area contributed by atoms with Crippen molar-refractivity contribution >= 4 is 52.3 Å². The number of furan rings is 1. The van der Waals surface area contributed by atoms with Gasteiger partial charge in [-0.05, 0) is 68.8 Å². The number of aromatic nitrogens is 1. The molecule has 0 N–H and O–H groups in total. The Balaban J connectivity index is 1.39. The average Bonchev–Trinajstić information content (AvgIpc) is 3.69. The van der Waals surface area contributed by atoms with Gasteiger partial charge in [0, 0.05) is 33.3 Å². The van der Waals surface area contributed by atoms with Crippen LogP contribution in [-0.4, -0.2) is 28.7 Å². The summed E-state index contributed by atoms with van der Waals surface area (Å²) in [5.41, 5.74) is 1.89. The molecule has 0 fully saturated rings. The number of nitro groups is 1. The Morgan fingerprint density at radius 3 is 2.60 bits per heavy atom. The van der Waals surface area contributed by atoms with Crippen LogP contribution < -0.4 is 24.4 Å². The van der Waals surface area contributed by atoms with Gasteiger partial charge in [0.2, 0.25) is 0 Å². The zero-order chi connectivity index (χ0) is 35.5. The number of hydrogen-bond donors (Lipinski definition) is 0. The monoisotopic (exact) mass is 733 g/mol. The van der Waals surface area contributed by atoms with Gasteiger partial charge in [-0.25, -0.2) is 9.79 Å². The van der Waals surface area contributed by atoms with E-state index in [1.54, 1.807) is 80.6 Å². The standard InChI is InChI=1S/C36H29Cl2N3O8S/c1-4-46-30-15-21(9-12-28(30)48-19-23-10-11-24(37)18-26(23)38)16-31-34(42)40-33(32(35(43)47-5-2)20(3)39-36(40)50-31)29-14-13-27(49-29)22-7-6-8-25(17-22)41(44)45/h6-18,33H,4-5,19H2,1-3H3/b31-16-/t33-/m0/s1. The molecule has 256 valence electrons. The molecule has 0 aliphatic carbocycles. The van der Waals surface area contributed by atoms with E-state index in [-0.39, 0.29) is 30.2 Å². The fraction of sp³-hybridized carbons (Fsp3) is 0.194.